The second-order valence-corrected chi connectivity index (χ2v) is 6.59. The van der Waals surface area contributed by atoms with Crippen molar-refractivity contribution in [3.8, 4) is 11.1 Å². The van der Waals surface area contributed by atoms with Gasteiger partial charge in [0.15, 0.2) is 0 Å². The Hall–Kier alpha value is -1.21. The van der Waals surface area contributed by atoms with Crippen LogP contribution in [0.1, 0.15) is 5.56 Å². The third-order valence-corrected chi connectivity index (χ3v) is 4.70. The predicted octanol–water partition coefficient (Wildman–Crippen LogP) is 3.46. The third-order valence-electron chi connectivity index (χ3n) is 3.37. The molecule has 2 aromatic rings. The lowest BCUT2D eigenvalue weighted by Gasteiger charge is -2.22. The molecule has 0 radical (unpaired) electrons. The fraction of sp³-hybridized carbons (Fsp3) is 0.0714. The van der Waals surface area contributed by atoms with E-state index >= 15 is 0 Å². The molecule has 0 spiro atoms. The second-order valence-electron chi connectivity index (χ2n) is 4.96. The maximum Gasteiger partial charge on any atom is 0.209 e. The van der Waals surface area contributed by atoms with Gasteiger partial charge in [-0.2, -0.15) is 5.43 Å². The van der Waals surface area contributed by atoms with E-state index in [1.54, 1.807) is 30.3 Å². The molecule has 1 unspecified atom stereocenters. The quantitative estimate of drug-likeness (QED) is 0.632. The Kier molecular flexibility index (Phi) is 4.35. The van der Waals surface area contributed by atoms with Gasteiger partial charge in [0.25, 0.3) is 0 Å². The van der Waals surface area contributed by atoms with Crippen LogP contribution < -0.4 is 22.3 Å². The molecule has 6 N–H and O–H groups in total. The smallest absolute Gasteiger partial charge is 0.209 e. The predicted molar refractivity (Wildman–Crippen MR) is 95.7 cm³/mol. The van der Waals surface area contributed by atoms with Crippen molar-refractivity contribution < 1.29 is 0 Å². The summed E-state index contributed by atoms with van der Waals surface area (Å²) in [5.74, 6) is -1.07. The van der Waals surface area contributed by atoms with Crippen LogP contribution in [0.25, 0.3) is 11.1 Å². The summed E-state index contributed by atoms with van der Waals surface area (Å²) < 4.78 is 0. The van der Waals surface area contributed by atoms with Crippen LogP contribution in [0.15, 0.2) is 35.3 Å². The van der Waals surface area contributed by atoms with Gasteiger partial charge in [0, 0.05) is 11.1 Å². The van der Waals surface area contributed by atoms with Crippen molar-refractivity contribution in [3.05, 3.63) is 56.0 Å². The van der Waals surface area contributed by atoms with Crippen LogP contribution in [-0.2, 0) is 5.79 Å². The number of hydrazine groups is 1. The number of aliphatic imine (C=N–C) groups is 1. The van der Waals surface area contributed by atoms with Gasteiger partial charge in [0.05, 0.1) is 20.1 Å². The van der Waals surface area contributed by atoms with Crippen molar-refractivity contribution in [2.24, 2.45) is 16.5 Å². The molecule has 23 heavy (non-hydrogen) atoms. The normalized spacial score (nSPS) is 20.3. The highest BCUT2D eigenvalue weighted by molar-refractivity contribution is 6.42. The zero-order valence-corrected chi connectivity index (χ0v) is 14.5. The number of nitrogens with one attached hydrogen (secondary N) is 2. The molecule has 0 fully saturated rings. The highest BCUT2D eigenvalue weighted by Gasteiger charge is 2.32. The summed E-state index contributed by atoms with van der Waals surface area (Å²) in [6.07, 6.45) is 0. The van der Waals surface area contributed by atoms with Gasteiger partial charge in [-0.25, -0.2) is 4.99 Å². The van der Waals surface area contributed by atoms with E-state index in [1.807, 2.05) is 0 Å². The maximum atomic E-state index is 6.39. The van der Waals surface area contributed by atoms with E-state index in [1.165, 1.54) is 0 Å². The first kappa shape index (κ1) is 16.6. The Labute approximate surface area is 152 Å². The highest BCUT2D eigenvalue weighted by atomic mass is 35.5. The molecule has 120 valence electrons. The standard InChI is InChI=1S/C14H11Cl4N5/c15-8-2-1-6(3-9(8)16)12-10(17)4-7(5-11(12)18)14(20)21-13(19)22-23-14/h1-5,23H,20H2,(H3,19,21,22). The Morgan fingerprint density at radius 2 is 1.57 bits per heavy atom. The number of nitrogens with zero attached hydrogens (tertiary/aromatic N) is 1. The zero-order chi connectivity index (χ0) is 16.8. The number of guanidine groups is 1. The van der Waals surface area contributed by atoms with Crippen molar-refractivity contribution in [1.29, 1.82) is 0 Å². The summed E-state index contributed by atoms with van der Waals surface area (Å²) in [6.45, 7) is 0. The molecule has 0 saturated carbocycles. The summed E-state index contributed by atoms with van der Waals surface area (Å²) in [4.78, 5) is 4.10. The van der Waals surface area contributed by atoms with Gasteiger partial charge in [-0.15, -0.1) is 0 Å². The van der Waals surface area contributed by atoms with Gasteiger partial charge in [-0.1, -0.05) is 52.5 Å². The topological polar surface area (TPSA) is 88.5 Å². The molecule has 9 heteroatoms. The van der Waals surface area contributed by atoms with Gasteiger partial charge in [-0.05, 0) is 29.8 Å². The molecular formula is C14H11Cl4N5. The van der Waals surface area contributed by atoms with E-state index in [4.69, 9.17) is 57.9 Å². The first-order valence-corrected chi connectivity index (χ1v) is 7.94. The molecule has 0 amide bonds. The summed E-state index contributed by atoms with van der Waals surface area (Å²) in [7, 11) is 0. The van der Waals surface area contributed by atoms with Crippen LogP contribution in [0, 0.1) is 0 Å². The molecule has 0 aromatic heterocycles. The minimum atomic E-state index is -1.24. The first-order valence-electron chi connectivity index (χ1n) is 6.42. The van der Waals surface area contributed by atoms with Gasteiger partial charge < -0.3 is 5.73 Å². The third kappa shape index (κ3) is 3.08. The van der Waals surface area contributed by atoms with E-state index < -0.39 is 5.79 Å². The van der Waals surface area contributed by atoms with E-state index in [-0.39, 0.29) is 5.96 Å². The fourth-order valence-corrected chi connectivity index (χ4v) is 3.27. The van der Waals surface area contributed by atoms with E-state index in [2.05, 4.69) is 15.8 Å². The Bertz CT molecular complexity index is 800. The summed E-state index contributed by atoms with van der Waals surface area (Å²) in [6, 6.07) is 8.49. The molecule has 0 bridgehead atoms. The number of halogens is 4. The molecule has 0 aliphatic carbocycles. The maximum absolute atomic E-state index is 6.39. The summed E-state index contributed by atoms with van der Waals surface area (Å²) in [5.41, 5.74) is 19.1. The molecule has 0 saturated heterocycles. The number of hydrogen-bond acceptors (Lipinski definition) is 5. The van der Waals surface area contributed by atoms with Crippen LogP contribution in [0.3, 0.4) is 0 Å². The number of benzene rings is 2. The molecule has 2 aromatic carbocycles. The SMILES string of the molecule is NC1=NC(N)(c2cc(Cl)c(-c3ccc(Cl)c(Cl)c3)c(Cl)c2)NN1. The lowest BCUT2D eigenvalue weighted by atomic mass is 10.0. The van der Waals surface area contributed by atoms with Gasteiger partial charge in [0.2, 0.25) is 11.7 Å². The van der Waals surface area contributed by atoms with Crippen molar-refractivity contribution in [2.75, 3.05) is 0 Å². The molecule has 1 heterocycles. The largest absolute Gasteiger partial charge is 0.369 e. The van der Waals surface area contributed by atoms with Gasteiger partial charge in [0.1, 0.15) is 0 Å². The highest BCUT2D eigenvalue weighted by Crippen LogP contribution is 2.39. The molecule has 1 atom stereocenters. The van der Waals surface area contributed by atoms with Crippen molar-refractivity contribution in [2.45, 2.75) is 5.79 Å². The van der Waals surface area contributed by atoms with E-state index in [9.17, 15) is 0 Å². The van der Waals surface area contributed by atoms with Gasteiger partial charge in [-0.3, -0.25) is 11.2 Å². The van der Waals surface area contributed by atoms with Crippen molar-refractivity contribution in [1.82, 2.24) is 10.9 Å². The van der Waals surface area contributed by atoms with Crippen LogP contribution in [0.2, 0.25) is 20.1 Å². The zero-order valence-electron chi connectivity index (χ0n) is 11.5. The van der Waals surface area contributed by atoms with E-state index in [0.29, 0.717) is 31.2 Å². The lowest BCUT2D eigenvalue weighted by Crippen LogP contribution is -2.50. The average Bonchev–Trinajstić information content (AvgIpc) is 2.83. The van der Waals surface area contributed by atoms with Crippen LogP contribution >= 0.6 is 46.4 Å². The Morgan fingerprint density at radius 3 is 2.09 bits per heavy atom. The summed E-state index contributed by atoms with van der Waals surface area (Å²) in [5, 5.41) is 1.66. The lowest BCUT2D eigenvalue weighted by molar-refractivity contribution is 0.375. The summed E-state index contributed by atoms with van der Waals surface area (Å²) >= 11 is 24.8. The van der Waals surface area contributed by atoms with Crippen LogP contribution in [0.4, 0.5) is 0 Å². The number of nitrogens with two attached hydrogens (primary N) is 2. The van der Waals surface area contributed by atoms with Crippen molar-refractivity contribution >= 4 is 52.4 Å². The second kappa shape index (κ2) is 6.02. The molecule has 1 aliphatic rings. The molecule has 1 aliphatic heterocycles. The molecule has 5 nitrogen and oxygen atoms in total. The first-order chi connectivity index (χ1) is 10.8. The Morgan fingerprint density at radius 1 is 0.913 bits per heavy atom. The minimum Gasteiger partial charge on any atom is -0.369 e. The fourth-order valence-electron chi connectivity index (χ4n) is 2.26. The van der Waals surface area contributed by atoms with Crippen LogP contribution in [-0.4, -0.2) is 5.96 Å². The molecule has 3 rings (SSSR count). The van der Waals surface area contributed by atoms with Crippen molar-refractivity contribution in [3.63, 3.8) is 0 Å². The Balaban J connectivity index is 2.10. The minimum absolute atomic E-state index is 0.174. The van der Waals surface area contributed by atoms with Gasteiger partial charge >= 0.3 is 0 Å². The number of rotatable bonds is 2. The monoisotopic (exact) mass is 389 g/mol. The van der Waals surface area contributed by atoms with Crippen LogP contribution in [0.5, 0.6) is 0 Å². The molecular weight excluding hydrogens is 380 g/mol. The average molecular weight is 391 g/mol. The van der Waals surface area contributed by atoms with E-state index in [0.717, 1.165) is 5.56 Å². The number of hydrogen-bond donors (Lipinski definition) is 4.